The van der Waals surface area contributed by atoms with E-state index in [-0.39, 0.29) is 12.1 Å². The molecular formula is C4H14N2O9S2. The van der Waals surface area contributed by atoms with Crippen LogP contribution in [0.3, 0.4) is 0 Å². The highest BCUT2D eigenvalue weighted by atomic mass is 32.3. The van der Waals surface area contributed by atoms with Gasteiger partial charge in [0, 0.05) is 0 Å². The van der Waals surface area contributed by atoms with Crippen LogP contribution in [0.4, 0.5) is 0 Å². The molecule has 0 saturated heterocycles. The summed E-state index contributed by atoms with van der Waals surface area (Å²) in [5.41, 5.74) is 4.85. The fourth-order valence-electron chi connectivity index (χ4n) is 0.254. The Kier molecular flexibility index (Phi) is 11.4. The van der Waals surface area contributed by atoms with Crippen LogP contribution in [0.2, 0.25) is 0 Å². The highest BCUT2D eigenvalue weighted by molar-refractivity contribution is 7.80. The zero-order chi connectivity index (χ0) is 14.9. The average molecular weight is 298 g/mol. The highest BCUT2D eigenvalue weighted by Gasteiger charge is 1.90. The van der Waals surface area contributed by atoms with E-state index in [0.29, 0.717) is 0 Å². The molecule has 0 aliphatic carbocycles. The Labute approximate surface area is 98.2 Å². The third-order valence-electron chi connectivity index (χ3n) is 0.363. The molecule has 0 saturated carbocycles. The van der Waals surface area contributed by atoms with Gasteiger partial charge < -0.3 is 10.5 Å². The molecule has 106 valence electrons. The predicted molar refractivity (Wildman–Crippen MR) is 56.5 cm³/mol. The van der Waals surface area contributed by atoms with Gasteiger partial charge in [-0.25, -0.2) is 0 Å². The molecule has 0 amide bonds. The minimum atomic E-state index is -4.67. The molecule has 0 spiro atoms. The second kappa shape index (κ2) is 9.08. The quantitative estimate of drug-likeness (QED) is 0.197. The molecule has 13 heteroatoms. The standard InChI is InChI=1S/C4H10N2O.2H2O4S/c1-3(2)7-4(5)6;2*1-5(2,3)4/h3H,1-2H3,(H3,5,6);2*(H2,1,2,3,4). The number of hydrogen-bond donors (Lipinski definition) is 6. The Hall–Kier alpha value is -0.990. The van der Waals surface area contributed by atoms with Gasteiger partial charge in [-0.1, -0.05) is 0 Å². The van der Waals surface area contributed by atoms with Crippen molar-refractivity contribution in [3.8, 4) is 0 Å². The topological polar surface area (TPSA) is 208 Å². The first-order valence-electron chi connectivity index (χ1n) is 3.53. The molecule has 0 aliphatic rings. The van der Waals surface area contributed by atoms with Gasteiger partial charge in [-0.05, 0) is 13.8 Å². The van der Waals surface area contributed by atoms with Crippen LogP contribution in [0.15, 0.2) is 0 Å². The number of ether oxygens (including phenoxy) is 1. The predicted octanol–water partition coefficient (Wildman–Crippen LogP) is -1.00. The van der Waals surface area contributed by atoms with E-state index in [4.69, 9.17) is 46.2 Å². The summed E-state index contributed by atoms with van der Waals surface area (Å²) in [6, 6.07) is -0.213. The molecule has 0 aromatic carbocycles. The van der Waals surface area contributed by atoms with Crippen molar-refractivity contribution in [1.82, 2.24) is 0 Å². The van der Waals surface area contributed by atoms with E-state index in [1.807, 2.05) is 13.8 Å². The van der Waals surface area contributed by atoms with Gasteiger partial charge >= 0.3 is 20.8 Å². The van der Waals surface area contributed by atoms with Crippen molar-refractivity contribution < 1.29 is 39.8 Å². The molecule has 0 aromatic heterocycles. The molecule has 0 aliphatic heterocycles. The summed E-state index contributed by atoms with van der Waals surface area (Å²) in [5.74, 6) is 0. The van der Waals surface area contributed by atoms with E-state index in [2.05, 4.69) is 4.74 Å². The highest BCUT2D eigenvalue weighted by Crippen LogP contribution is 1.82. The van der Waals surface area contributed by atoms with Gasteiger partial charge in [0.25, 0.3) is 6.02 Å². The molecule has 7 N–H and O–H groups in total. The lowest BCUT2D eigenvalue weighted by Crippen LogP contribution is -2.18. The lowest BCUT2D eigenvalue weighted by molar-refractivity contribution is 0.222. The van der Waals surface area contributed by atoms with E-state index in [1.165, 1.54) is 0 Å². The fourth-order valence-corrected chi connectivity index (χ4v) is 0.254. The van der Waals surface area contributed by atoms with Gasteiger partial charge in [0.2, 0.25) is 0 Å². The average Bonchev–Trinajstić information content (AvgIpc) is 1.71. The first-order chi connectivity index (χ1) is 7.13. The number of rotatable bonds is 1. The van der Waals surface area contributed by atoms with Gasteiger partial charge in [0.1, 0.15) is 0 Å². The second-order valence-electron chi connectivity index (χ2n) is 2.43. The van der Waals surface area contributed by atoms with E-state index in [1.54, 1.807) is 0 Å². The summed E-state index contributed by atoms with van der Waals surface area (Å²) in [6.45, 7) is 3.64. The minimum absolute atomic E-state index is 0.0255. The number of nitrogens with one attached hydrogen (secondary N) is 1. The zero-order valence-electron chi connectivity index (χ0n) is 8.80. The lowest BCUT2D eigenvalue weighted by Gasteiger charge is -2.04. The van der Waals surface area contributed by atoms with Gasteiger partial charge in [0.05, 0.1) is 6.10 Å². The van der Waals surface area contributed by atoms with Crippen LogP contribution in [-0.4, -0.2) is 47.2 Å². The van der Waals surface area contributed by atoms with Crippen LogP contribution in [0, 0.1) is 5.41 Å². The van der Waals surface area contributed by atoms with Gasteiger partial charge in [0.15, 0.2) is 0 Å². The summed E-state index contributed by atoms with van der Waals surface area (Å²) in [6.07, 6.45) is 0.0255. The van der Waals surface area contributed by atoms with Crippen molar-refractivity contribution in [1.29, 1.82) is 5.41 Å². The smallest absolute Gasteiger partial charge is 0.394 e. The first-order valence-corrected chi connectivity index (χ1v) is 6.32. The number of hydrogen-bond acceptors (Lipinski definition) is 6. The van der Waals surface area contributed by atoms with E-state index in [0.717, 1.165) is 0 Å². The third kappa shape index (κ3) is 280. The minimum Gasteiger partial charge on any atom is -0.463 e. The van der Waals surface area contributed by atoms with Crippen LogP contribution >= 0.6 is 0 Å². The fraction of sp³-hybridized carbons (Fsp3) is 0.750. The molecule has 11 nitrogen and oxygen atoms in total. The molecule has 0 fully saturated rings. The van der Waals surface area contributed by atoms with E-state index in [9.17, 15) is 0 Å². The van der Waals surface area contributed by atoms with Crippen molar-refractivity contribution in [2.75, 3.05) is 0 Å². The van der Waals surface area contributed by atoms with Crippen molar-refractivity contribution in [3.05, 3.63) is 0 Å². The molecular weight excluding hydrogens is 284 g/mol. The van der Waals surface area contributed by atoms with Gasteiger partial charge in [-0.3, -0.25) is 23.6 Å². The van der Waals surface area contributed by atoms with Crippen LogP contribution < -0.4 is 5.73 Å². The van der Waals surface area contributed by atoms with Gasteiger partial charge in [-0.2, -0.15) is 16.8 Å². The Morgan fingerprint density at radius 1 is 1.06 bits per heavy atom. The van der Waals surface area contributed by atoms with Crippen molar-refractivity contribution in [2.24, 2.45) is 5.73 Å². The summed E-state index contributed by atoms with van der Waals surface area (Å²) >= 11 is 0. The molecule has 0 radical (unpaired) electrons. The number of amidine groups is 1. The molecule has 0 unspecified atom stereocenters. The van der Waals surface area contributed by atoms with Crippen molar-refractivity contribution in [3.63, 3.8) is 0 Å². The maximum atomic E-state index is 8.74. The molecule has 0 aromatic rings. The summed E-state index contributed by atoms with van der Waals surface area (Å²) < 4.78 is 67.8. The number of nitrogens with two attached hydrogens (primary N) is 1. The van der Waals surface area contributed by atoms with Crippen LogP contribution in [0.25, 0.3) is 0 Å². The summed E-state index contributed by atoms with van der Waals surface area (Å²) in [7, 11) is -9.33. The Balaban J connectivity index is -0.000000177. The van der Waals surface area contributed by atoms with E-state index < -0.39 is 20.8 Å². The third-order valence-corrected chi connectivity index (χ3v) is 0.363. The Morgan fingerprint density at radius 2 is 1.24 bits per heavy atom. The molecule has 0 rings (SSSR count). The normalized spacial score (nSPS) is 10.5. The molecule has 0 atom stereocenters. The lowest BCUT2D eigenvalue weighted by atomic mass is 10.5. The maximum absolute atomic E-state index is 8.74. The Morgan fingerprint density at radius 3 is 1.24 bits per heavy atom. The largest absolute Gasteiger partial charge is 0.463 e. The molecule has 0 bridgehead atoms. The Bertz CT molecular complexity index is 351. The van der Waals surface area contributed by atoms with Crippen molar-refractivity contribution in [2.45, 2.75) is 20.0 Å². The van der Waals surface area contributed by atoms with Crippen LogP contribution in [0.5, 0.6) is 0 Å². The summed E-state index contributed by atoms with van der Waals surface area (Å²) in [4.78, 5) is 0. The summed E-state index contributed by atoms with van der Waals surface area (Å²) in [5, 5.41) is 6.58. The molecule has 0 heterocycles. The van der Waals surface area contributed by atoms with Gasteiger partial charge in [-0.15, -0.1) is 0 Å². The van der Waals surface area contributed by atoms with Crippen molar-refractivity contribution >= 4 is 26.8 Å². The van der Waals surface area contributed by atoms with Crippen LogP contribution in [0.1, 0.15) is 13.8 Å². The molecule has 17 heavy (non-hydrogen) atoms. The second-order valence-corrected chi connectivity index (χ2v) is 4.22. The monoisotopic (exact) mass is 298 g/mol. The first kappa shape index (κ1) is 21.3. The maximum Gasteiger partial charge on any atom is 0.394 e. The van der Waals surface area contributed by atoms with Crippen LogP contribution in [-0.2, 0) is 25.5 Å². The SMILES string of the molecule is CC(C)OC(=N)N.O=S(=O)(O)O.O=S(=O)(O)O. The zero-order valence-corrected chi connectivity index (χ0v) is 10.4. The van der Waals surface area contributed by atoms with E-state index >= 15 is 0 Å².